The quantitative estimate of drug-likeness (QED) is 0.308. The molecule has 0 aromatic heterocycles. The van der Waals surface area contributed by atoms with E-state index in [9.17, 15) is 4.79 Å². The van der Waals surface area contributed by atoms with E-state index in [4.69, 9.17) is 22.0 Å². The molecule has 0 saturated heterocycles. The third kappa shape index (κ3) is 15.5. The lowest BCUT2D eigenvalue weighted by molar-refractivity contribution is -0.138. The van der Waals surface area contributed by atoms with Crippen molar-refractivity contribution in [2.75, 3.05) is 6.54 Å². The summed E-state index contributed by atoms with van der Waals surface area (Å²) >= 11 is 0. The smallest absolute Gasteiger partial charge is 0.328 e. The van der Waals surface area contributed by atoms with Gasteiger partial charge in [0, 0.05) is 24.8 Å². The molecule has 1 atom stereocenters. The van der Waals surface area contributed by atoms with E-state index >= 15 is 0 Å². The monoisotopic (exact) mass is 282 g/mol. The van der Waals surface area contributed by atoms with Gasteiger partial charge in [-0.15, -0.1) is 0 Å². The second-order valence-electron chi connectivity index (χ2n) is 3.27. The first-order valence-corrected chi connectivity index (χ1v) is 5.85. The number of carboxylic acid groups (broad SMARTS) is 1. The van der Waals surface area contributed by atoms with Crippen LogP contribution in [0.2, 0.25) is 0 Å². The maximum Gasteiger partial charge on any atom is 0.328 e. The summed E-state index contributed by atoms with van der Waals surface area (Å²) in [5.41, 5.74) is 14.8. The summed E-state index contributed by atoms with van der Waals surface area (Å²) in [6.45, 7) is 0.465. The minimum atomic E-state index is -0.942. The van der Waals surface area contributed by atoms with Crippen molar-refractivity contribution in [3.63, 3.8) is 0 Å². The van der Waals surface area contributed by atoms with Crippen molar-refractivity contribution in [3.8, 4) is 0 Å². The van der Waals surface area contributed by atoms with Gasteiger partial charge in [0.05, 0.1) is 6.34 Å². The van der Waals surface area contributed by atoms with E-state index in [-0.39, 0.29) is 0 Å². The zero-order chi connectivity index (χ0) is 15.6. The molecule has 112 valence electrons. The van der Waals surface area contributed by atoms with Crippen molar-refractivity contribution in [1.29, 1.82) is 5.41 Å². The molecule has 0 fully saturated rings. The molecule has 0 radical (unpaired) electrons. The number of nitrogens with two attached hydrogens (primary N) is 3. The third-order valence-corrected chi connectivity index (χ3v) is 1.77. The van der Waals surface area contributed by atoms with E-state index in [2.05, 4.69) is 15.7 Å². The first-order valence-electron chi connectivity index (χ1n) is 5.85. The van der Waals surface area contributed by atoms with Crippen LogP contribution in [-0.4, -0.2) is 42.4 Å². The summed E-state index contributed by atoms with van der Waals surface area (Å²) in [6, 6.07) is -0.732. The number of hydrogen-bond donors (Lipinski definition) is 5. The van der Waals surface area contributed by atoms with Gasteiger partial charge in [0.25, 0.3) is 0 Å². The van der Waals surface area contributed by atoms with Crippen LogP contribution in [0.5, 0.6) is 0 Å². The highest BCUT2D eigenvalue weighted by Gasteiger charge is 2.13. The Labute approximate surface area is 118 Å². The molecule has 8 heteroatoms. The number of allylic oxidation sites excluding steroid dienone is 2. The predicted octanol–water partition coefficient (Wildman–Crippen LogP) is -0.142. The van der Waals surface area contributed by atoms with Gasteiger partial charge in [0.1, 0.15) is 6.04 Å². The van der Waals surface area contributed by atoms with Gasteiger partial charge in [-0.2, -0.15) is 0 Å². The average molecular weight is 282 g/mol. The molecule has 0 saturated carbocycles. The Morgan fingerprint density at radius 3 is 2.40 bits per heavy atom. The molecule has 20 heavy (non-hydrogen) atoms. The molecule has 0 aromatic carbocycles. The Morgan fingerprint density at radius 1 is 1.30 bits per heavy atom. The molecule has 0 aliphatic carbocycles. The Balaban J connectivity index is 0. The zero-order valence-electron chi connectivity index (χ0n) is 11.2. The Bertz CT molecular complexity index is 363. The van der Waals surface area contributed by atoms with Crippen LogP contribution in [-0.2, 0) is 4.79 Å². The zero-order valence-corrected chi connectivity index (χ0v) is 11.2. The molecule has 0 bridgehead atoms. The van der Waals surface area contributed by atoms with Gasteiger partial charge in [-0.05, 0) is 31.5 Å². The van der Waals surface area contributed by atoms with Crippen molar-refractivity contribution in [3.05, 3.63) is 24.6 Å². The van der Waals surface area contributed by atoms with Gasteiger partial charge >= 0.3 is 5.97 Å². The maximum atomic E-state index is 10.8. The molecular formula is C12H22N6O2. The number of nitrogens with one attached hydrogen (secondary N) is 1. The normalized spacial score (nSPS) is 12.8. The van der Waals surface area contributed by atoms with Crippen LogP contribution in [0.4, 0.5) is 0 Å². The average Bonchev–Trinajstić information content (AvgIpc) is 2.41. The van der Waals surface area contributed by atoms with E-state index < -0.39 is 12.0 Å². The number of aliphatic carboxylic acids is 1. The lowest BCUT2D eigenvalue weighted by atomic mass is 10.1. The molecule has 0 amide bonds. The van der Waals surface area contributed by atoms with Crippen LogP contribution < -0.4 is 17.2 Å². The fourth-order valence-electron chi connectivity index (χ4n) is 0.975. The summed E-state index contributed by atoms with van der Waals surface area (Å²) in [7, 11) is 0. The van der Waals surface area contributed by atoms with Gasteiger partial charge in [0.15, 0.2) is 0 Å². The van der Waals surface area contributed by atoms with E-state index in [1.165, 1.54) is 24.8 Å². The van der Waals surface area contributed by atoms with Crippen LogP contribution in [0.3, 0.4) is 0 Å². The Kier molecular flexibility index (Phi) is 16.4. The van der Waals surface area contributed by atoms with Gasteiger partial charge in [-0.25, -0.2) is 4.79 Å². The maximum absolute atomic E-state index is 10.8. The van der Waals surface area contributed by atoms with E-state index in [1.807, 2.05) is 0 Å². The van der Waals surface area contributed by atoms with Crippen molar-refractivity contribution in [2.24, 2.45) is 27.2 Å². The summed E-state index contributed by atoms with van der Waals surface area (Å²) in [4.78, 5) is 18.5. The number of hydrogen-bond acceptors (Lipinski definition) is 6. The van der Waals surface area contributed by atoms with Crippen molar-refractivity contribution in [1.82, 2.24) is 0 Å². The fourth-order valence-corrected chi connectivity index (χ4v) is 0.975. The van der Waals surface area contributed by atoms with E-state index in [1.54, 1.807) is 12.2 Å². The van der Waals surface area contributed by atoms with Gasteiger partial charge in [-0.3, -0.25) is 15.4 Å². The molecule has 8 nitrogen and oxygen atoms in total. The molecule has 0 rings (SSSR count). The van der Waals surface area contributed by atoms with Gasteiger partial charge < -0.3 is 22.3 Å². The van der Waals surface area contributed by atoms with Crippen LogP contribution in [0.15, 0.2) is 34.5 Å². The summed E-state index contributed by atoms with van der Waals surface area (Å²) in [5, 5.41) is 14.7. The van der Waals surface area contributed by atoms with Crippen molar-refractivity contribution < 1.29 is 9.90 Å². The molecule has 0 heterocycles. The predicted molar refractivity (Wildman–Crippen MR) is 82.1 cm³/mol. The number of aliphatic imine (C=N–C) groups is 2. The molecule has 0 aliphatic heterocycles. The number of carbonyl (C=O) groups is 1. The second-order valence-corrected chi connectivity index (χ2v) is 3.27. The van der Waals surface area contributed by atoms with Gasteiger partial charge in [0.2, 0.25) is 0 Å². The number of carboxylic acids is 1. The second kappa shape index (κ2) is 16.5. The standard InChI is InChI=1S/C11H18N4O2.CH4N2/c12-5-3-4-10(11(16)17)15-8-2-1-7-14-9-6-13;2-1-3/h1-2,6-10H,3-5,12-13H2,(H,16,17);1H,(H3,2,3)/b2-1+,9-6-,14-7+,15-8?;. The van der Waals surface area contributed by atoms with Crippen LogP contribution in [0.25, 0.3) is 0 Å². The molecule has 0 aromatic rings. The van der Waals surface area contributed by atoms with E-state index in [0.29, 0.717) is 19.4 Å². The third-order valence-electron chi connectivity index (χ3n) is 1.77. The first kappa shape index (κ1) is 19.9. The summed E-state index contributed by atoms with van der Waals surface area (Å²) < 4.78 is 0. The van der Waals surface area contributed by atoms with Crippen molar-refractivity contribution >= 4 is 24.7 Å². The minimum Gasteiger partial charge on any atom is -0.480 e. The molecule has 1 unspecified atom stereocenters. The first-order chi connectivity index (χ1) is 9.63. The molecular weight excluding hydrogens is 260 g/mol. The highest BCUT2D eigenvalue weighted by molar-refractivity contribution is 5.83. The molecule has 0 aliphatic rings. The largest absolute Gasteiger partial charge is 0.480 e. The minimum absolute atomic E-state index is 0.445. The number of rotatable bonds is 8. The van der Waals surface area contributed by atoms with Crippen LogP contribution in [0.1, 0.15) is 12.8 Å². The van der Waals surface area contributed by atoms with Crippen molar-refractivity contribution in [2.45, 2.75) is 18.9 Å². The fraction of sp³-hybridized carbons (Fsp3) is 0.333. The van der Waals surface area contributed by atoms with Gasteiger partial charge in [-0.1, -0.05) is 0 Å². The highest BCUT2D eigenvalue weighted by Crippen LogP contribution is 2.00. The Morgan fingerprint density at radius 2 is 1.90 bits per heavy atom. The Hall–Kier alpha value is -2.48. The number of nitrogens with zero attached hydrogens (tertiary/aromatic N) is 2. The highest BCUT2D eigenvalue weighted by atomic mass is 16.4. The lowest BCUT2D eigenvalue weighted by Crippen LogP contribution is -2.19. The molecule has 8 N–H and O–H groups in total. The lowest BCUT2D eigenvalue weighted by Gasteiger charge is -2.04. The van der Waals surface area contributed by atoms with E-state index in [0.717, 1.165) is 6.34 Å². The van der Waals surface area contributed by atoms with Crippen LogP contribution in [0, 0.1) is 5.41 Å². The summed E-state index contributed by atoms with van der Waals surface area (Å²) in [5.74, 6) is -0.942. The topological polar surface area (TPSA) is 164 Å². The molecule has 0 spiro atoms. The SMILES string of the molecule is N=CN.N\C=C/N=C/C=C/C=NC(CCCN)C(=O)O. The summed E-state index contributed by atoms with van der Waals surface area (Å²) in [6.07, 6.45) is 10.8. The van der Waals surface area contributed by atoms with Crippen LogP contribution >= 0.6 is 0 Å².